The van der Waals surface area contributed by atoms with Gasteiger partial charge in [-0.1, -0.05) is 13.8 Å². The van der Waals surface area contributed by atoms with E-state index in [4.69, 9.17) is 0 Å². The highest BCUT2D eigenvalue weighted by molar-refractivity contribution is 9.10. The number of hydrogen-bond acceptors (Lipinski definition) is 3. The van der Waals surface area contributed by atoms with Crippen LogP contribution in [0.4, 0.5) is 0 Å². The average molecular weight is 338 g/mol. The van der Waals surface area contributed by atoms with Crippen LogP contribution in [0.1, 0.15) is 45.5 Å². The molecule has 0 aromatic carbocycles. The van der Waals surface area contributed by atoms with Crippen LogP contribution in [-0.2, 0) is 11.4 Å². The summed E-state index contributed by atoms with van der Waals surface area (Å²) in [5, 5.41) is 2.06. The monoisotopic (exact) mass is 337 g/mol. The van der Waals surface area contributed by atoms with Crippen molar-refractivity contribution < 1.29 is 4.55 Å². The second kappa shape index (κ2) is 6.06. The van der Waals surface area contributed by atoms with Crippen molar-refractivity contribution in [2.24, 2.45) is 5.92 Å². The van der Waals surface area contributed by atoms with Gasteiger partial charge < -0.3 is 4.55 Å². The van der Waals surface area contributed by atoms with E-state index in [0.29, 0.717) is 5.92 Å². The fourth-order valence-corrected chi connectivity index (χ4v) is 4.03. The van der Waals surface area contributed by atoms with Crippen molar-refractivity contribution in [2.45, 2.75) is 45.4 Å². The summed E-state index contributed by atoms with van der Waals surface area (Å²) in [5.74, 6) is 0.409. The lowest BCUT2D eigenvalue weighted by molar-refractivity contribution is 0.457. The lowest BCUT2D eigenvalue weighted by Gasteiger charge is -2.29. The van der Waals surface area contributed by atoms with Crippen LogP contribution in [0.5, 0.6) is 0 Å². The van der Waals surface area contributed by atoms with Crippen molar-refractivity contribution in [3.8, 4) is 0 Å². The fourth-order valence-electron chi connectivity index (χ4n) is 1.31. The van der Waals surface area contributed by atoms with Crippen molar-refractivity contribution in [3.63, 3.8) is 0 Å². The number of halogens is 1. The molecule has 0 aliphatic rings. The number of thiophene rings is 1. The Balaban J connectivity index is 2.81. The van der Waals surface area contributed by atoms with Crippen molar-refractivity contribution in [2.75, 3.05) is 0 Å². The van der Waals surface area contributed by atoms with Gasteiger partial charge in [0.05, 0.1) is 6.04 Å². The first-order valence-corrected chi connectivity index (χ1v) is 8.46. The molecule has 0 fully saturated rings. The Kier molecular flexibility index (Phi) is 5.53. The van der Waals surface area contributed by atoms with E-state index in [1.54, 1.807) is 11.3 Å². The molecule has 0 bridgehead atoms. The molecule has 1 aromatic heterocycles. The predicted octanol–water partition coefficient (Wildman–Crippen LogP) is 4.26. The standard InChI is InChI=1S/C12H20BrNOS2/c1-8(2)11(10-6-9(13)7-16-10)14-17(15)12(3,4)5/h6-8,11,14H,1-5H3/t11-,17+/m1/s1. The minimum Gasteiger partial charge on any atom is -0.598 e. The van der Waals surface area contributed by atoms with Crippen LogP contribution in [0.15, 0.2) is 15.9 Å². The molecule has 1 aromatic rings. The van der Waals surface area contributed by atoms with Gasteiger partial charge in [0, 0.05) is 26.1 Å². The van der Waals surface area contributed by atoms with Gasteiger partial charge in [0.1, 0.15) is 4.75 Å². The van der Waals surface area contributed by atoms with E-state index in [1.807, 2.05) is 20.8 Å². The summed E-state index contributed by atoms with van der Waals surface area (Å²) in [7, 11) is 0. The first-order valence-electron chi connectivity index (χ1n) is 5.64. The average Bonchev–Trinajstić information content (AvgIpc) is 2.58. The van der Waals surface area contributed by atoms with Gasteiger partial charge in [0.25, 0.3) is 0 Å². The highest BCUT2D eigenvalue weighted by Crippen LogP contribution is 2.31. The van der Waals surface area contributed by atoms with Gasteiger partial charge in [-0.25, -0.2) is 0 Å². The lowest BCUT2D eigenvalue weighted by atomic mass is 10.0. The quantitative estimate of drug-likeness (QED) is 0.833. The molecule has 1 rings (SSSR count). The molecule has 2 nitrogen and oxygen atoms in total. The summed E-state index contributed by atoms with van der Waals surface area (Å²) >= 11 is 4.12. The Labute approximate surface area is 120 Å². The second-order valence-corrected chi connectivity index (χ2v) is 9.24. The summed E-state index contributed by atoms with van der Waals surface area (Å²) < 4.78 is 16.3. The summed E-state index contributed by atoms with van der Waals surface area (Å²) in [6.45, 7) is 10.2. The van der Waals surface area contributed by atoms with Crippen LogP contribution >= 0.6 is 27.3 Å². The Morgan fingerprint density at radius 2 is 2.00 bits per heavy atom. The normalized spacial score (nSPS) is 16.2. The van der Waals surface area contributed by atoms with Gasteiger partial charge >= 0.3 is 0 Å². The first kappa shape index (κ1) is 15.5. The van der Waals surface area contributed by atoms with Gasteiger partial charge in [-0.05, 0) is 48.7 Å². The van der Waals surface area contributed by atoms with E-state index in [-0.39, 0.29) is 10.8 Å². The third-order valence-corrected chi connectivity index (χ3v) is 5.71. The lowest BCUT2D eigenvalue weighted by Crippen LogP contribution is -2.42. The SMILES string of the molecule is CC(C)[C@@H](N[S@@+]([O-])C(C)(C)C)c1cc(Br)cs1. The zero-order chi connectivity index (χ0) is 13.2. The summed E-state index contributed by atoms with van der Waals surface area (Å²) in [6, 6.07) is 2.24. The third kappa shape index (κ3) is 4.56. The molecule has 0 aliphatic heterocycles. The van der Waals surface area contributed by atoms with E-state index in [0.717, 1.165) is 4.47 Å². The molecule has 17 heavy (non-hydrogen) atoms. The maximum absolute atomic E-state index is 12.2. The molecular formula is C12H20BrNOS2. The smallest absolute Gasteiger partial charge is 0.136 e. The van der Waals surface area contributed by atoms with E-state index in [9.17, 15) is 4.55 Å². The van der Waals surface area contributed by atoms with E-state index in [1.165, 1.54) is 4.88 Å². The van der Waals surface area contributed by atoms with E-state index in [2.05, 4.69) is 45.9 Å². The van der Waals surface area contributed by atoms with Crippen LogP contribution in [0.25, 0.3) is 0 Å². The van der Waals surface area contributed by atoms with Crippen LogP contribution in [-0.4, -0.2) is 9.30 Å². The predicted molar refractivity (Wildman–Crippen MR) is 80.6 cm³/mol. The molecule has 0 aliphatic carbocycles. The zero-order valence-corrected chi connectivity index (χ0v) is 14.1. The fraction of sp³-hybridized carbons (Fsp3) is 0.667. The number of hydrogen-bond donors (Lipinski definition) is 1. The summed E-state index contributed by atoms with van der Waals surface area (Å²) in [5.41, 5.74) is 0. The minimum absolute atomic E-state index is 0.145. The summed E-state index contributed by atoms with van der Waals surface area (Å²) in [4.78, 5) is 1.23. The van der Waals surface area contributed by atoms with Crippen LogP contribution in [0.3, 0.4) is 0 Å². The van der Waals surface area contributed by atoms with Gasteiger partial charge in [0.2, 0.25) is 0 Å². The van der Waals surface area contributed by atoms with Gasteiger partial charge in [-0.15, -0.1) is 16.1 Å². The molecule has 0 amide bonds. The molecule has 0 unspecified atom stereocenters. The summed E-state index contributed by atoms with van der Waals surface area (Å²) in [6.07, 6.45) is 0. The maximum Gasteiger partial charge on any atom is 0.136 e. The topological polar surface area (TPSA) is 35.1 Å². The Hall–Kier alpha value is 0.450. The Bertz CT molecular complexity index is 360. The molecule has 1 N–H and O–H groups in total. The van der Waals surface area contributed by atoms with Crippen LogP contribution in [0.2, 0.25) is 0 Å². The molecule has 98 valence electrons. The van der Waals surface area contributed by atoms with Gasteiger partial charge in [-0.3, -0.25) is 0 Å². The van der Waals surface area contributed by atoms with Crippen molar-refractivity contribution in [1.29, 1.82) is 0 Å². The molecular weight excluding hydrogens is 318 g/mol. The highest BCUT2D eigenvalue weighted by atomic mass is 79.9. The highest BCUT2D eigenvalue weighted by Gasteiger charge is 2.31. The number of rotatable bonds is 4. The van der Waals surface area contributed by atoms with Gasteiger partial charge in [0.15, 0.2) is 0 Å². The molecule has 0 saturated heterocycles. The Morgan fingerprint density at radius 3 is 2.35 bits per heavy atom. The van der Waals surface area contributed by atoms with Crippen molar-refractivity contribution in [1.82, 2.24) is 4.72 Å². The maximum atomic E-state index is 12.2. The van der Waals surface area contributed by atoms with Crippen LogP contribution < -0.4 is 4.72 Å². The third-order valence-electron chi connectivity index (χ3n) is 2.35. The molecule has 0 spiro atoms. The van der Waals surface area contributed by atoms with Crippen molar-refractivity contribution in [3.05, 3.63) is 20.8 Å². The molecule has 0 saturated carbocycles. The van der Waals surface area contributed by atoms with E-state index < -0.39 is 11.4 Å². The molecule has 2 atom stereocenters. The number of nitrogens with one attached hydrogen (secondary N) is 1. The first-order chi connectivity index (χ1) is 7.71. The van der Waals surface area contributed by atoms with Crippen LogP contribution in [0, 0.1) is 5.92 Å². The largest absolute Gasteiger partial charge is 0.598 e. The Morgan fingerprint density at radius 1 is 1.41 bits per heavy atom. The molecule has 0 radical (unpaired) electrons. The molecule has 1 heterocycles. The zero-order valence-electron chi connectivity index (χ0n) is 10.9. The van der Waals surface area contributed by atoms with E-state index >= 15 is 0 Å². The van der Waals surface area contributed by atoms with Crippen molar-refractivity contribution >= 4 is 38.6 Å². The minimum atomic E-state index is -1.04. The second-order valence-electron chi connectivity index (χ2n) is 5.39. The van der Waals surface area contributed by atoms with Gasteiger partial charge in [-0.2, -0.15) is 0 Å². The molecule has 5 heteroatoms.